The molecule has 0 saturated carbocycles. The zero-order valence-corrected chi connectivity index (χ0v) is 11.9. The first-order chi connectivity index (χ1) is 8.29. The third-order valence-corrected chi connectivity index (χ3v) is 3.70. The molecule has 1 unspecified atom stereocenters. The average molecular weight is 271 g/mol. The van der Waals surface area contributed by atoms with E-state index in [2.05, 4.69) is 19.2 Å². The lowest BCUT2D eigenvalue weighted by Gasteiger charge is -2.14. The van der Waals surface area contributed by atoms with Gasteiger partial charge < -0.3 is 10.4 Å². The third kappa shape index (κ3) is 5.06. The Morgan fingerprint density at radius 1 is 1.22 bits per heavy atom. The number of anilines is 1. The molecule has 0 bridgehead atoms. The lowest BCUT2D eigenvalue weighted by molar-refractivity contribution is 0.161. The van der Waals surface area contributed by atoms with Crippen LogP contribution in [0.4, 0.5) is 5.69 Å². The van der Waals surface area contributed by atoms with Gasteiger partial charge in [-0.1, -0.05) is 13.8 Å². The van der Waals surface area contributed by atoms with E-state index in [1.54, 1.807) is 24.3 Å². The molecule has 2 N–H and O–H groups in total. The van der Waals surface area contributed by atoms with E-state index in [-0.39, 0.29) is 6.10 Å². The Balaban J connectivity index is 2.55. The number of sulfone groups is 1. The van der Waals surface area contributed by atoms with E-state index in [1.165, 1.54) is 6.26 Å². The van der Waals surface area contributed by atoms with Crippen molar-refractivity contribution in [3.05, 3.63) is 24.3 Å². The highest BCUT2D eigenvalue weighted by atomic mass is 32.2. The zero-order valence-electron chi connectivity index (χ0n) is 11.1. The fourth-order valence-corrected chi connectivity index (χ4v) is 2.31. The number of hydrogen-bond acceptors (Lipinski definition) is 4. The first-order valence-electron chi connectivity index (χ1n) is 6.01. The van der Waals surface area contributed by atoms with Crippen LogP contribution in [-0.2, 0) is 9.84 Å². The smallest absolute Gasteiger partial charge is 0.175 e. The number of aliphatic hydroxyl groups excluding tert-OH is 1. The van der Waals surface area contributed by atoms with Crippen LogP contribution in [-0.4, -0.2) is 32.4 Å². The number of nitrogens with one attached hydrogen (secondary N) is 1. The lowest BCUT2D eigenvalue weighted by atomic mass is 10.1. The average Bonchev–Trinajstić information content (AvgIpc) is 2.25. The highest BCUT2D eigenvalue weighted by Gasteiger charge is 2.08. The molecule has 0 saturated heterocycles. The molecule has 102 valence electrons. The molecule has 0 aliphatic heterocycles. The largest absolute Gasteiger partial charge is 0.391 e. The topological polar surface area (TPSA) is 66.4 Å². The van der Waals surface area contributed by atoms with Crippen molar-refractivity contribution in [1.29, 1.82) is 0 Å². The molecule has 1 rings (SSSR count). The predicted molar refractivity (Wildman–Crippen MR) is 73.5 cm³/mol. The monoisotopic (exact) mass is 271 g/mol. The van der Waals surface area contributed by atoms with Crippen LogP contribution in [0.3, 0.4) is 0 Å². The molecule has 0 amide bonds. The molecule has 1 aromatic rings. The summed E-state index contributed by atoms with van der Waals surface area (Å²) in [6.45, 7) is 4.59. The Morgan fingerprint density at radius 3 is 2.22 bits per heavy atom. The van der Waals surface area contributed by atoms with E-state index in [1.807, 2.05) is 0 Å². The molecule has 0 aliphatic rings. The van der Waals surface area contributed by atoms with Gasteiger partial charge in [-0.2, -0.15) is 0 Å². The summed E-state index contributed by atoms with van der Waals surface area (Å²) >= 11 is 0. The number of hydrogen-bond donors (Lipinski definition) is 2. The van der Waals surface area contributed by atoms with Crippen LogP contribution in [0.2, 0.25) is 0 Å². The molecule has 0 heterocycles. The van der Waals surface area contributed by atoms with Crippen molar-refractivity contribution in [2.45, 2.75) is 31.3 Å². The number of rotatable bonds is 6. The number of benzene rings is 1. The maximum Gasteiger partial charge on any atom is 0.175 e. The summed E-state index contributed by atoms with van der Waals surface area (Å²) in [4.78, 5) is 0.302. The highest BCUT2D eigenvalue weighted by molar-refractivity contribution is 7.90. The molecule has 0 aromatic heterocycles. The molecular weight excluding hydrogens is 250 g/mol. The third-order valence-electron chi connectivity index (χ3n) is 2.57. The lowest BCUT2D eigenvalue weighted by Crippen LogP contribution is -2.21. The van der Waals surface area contributed by atoms with Gasteiger partial charge in [-0.3, -0.25) is 0 Å². The first kappa shape index (κ1) is 15.0. The molecule has 4 nitrogen and oxygen atoms in total. The maximum absolute atomic E-state index is 11.3. The summed E-state index contributed by atoms with van der Waals surface area (Å²) in [6.07, 6.45) is 1.54. The molecule has 1 aromatic carbocycles. The second kappa shape index (κ2) is 6.20. The Morgan fingerprint density at radius 2 is 1.78 bits per heavy atom. The van der Waals surface area contributed by atoms with Gasteiger partial charge in [-0.05, 0) is 36.6 Å². The Kier molecular flexibility index (Phi) is 5.16. The standard InChI is InChI=1S/C13H21NO3S/c1-10(2)8-12(15)9-14-11-4-6-13(7-5-11)18(3,16)17/h4-7,10,12,14-15H,8-9H2,1-3H3. The molecular formula is C13H21NO3S. The quantitative estimate of drug-likeness (QED) is 0.829. The van der Waals surface area contributed by atoms with Crippen LogP contribution in [0.5, 0.6) is 0 Å². The van der Waals surface area contributed by atoms with Gasteiger partial charge in [-0.25, -0.2) is 8.42 Å². The second-order valence-corrected chi connectivity index (χ2v) is 6.98. The van der Waals surface area contributed by atoms with Gasteiger partial charge in [0.2, 0.25) is 0 Å². The van der Waals surface area contributed by atoms with Crippen molar-refractivity contribution >= 4 is 15.5 Å². The second-order valence-electron chi connectivity index (χ2n) is 4.96. The molecule has 0 aliphatic carbocycles. The van der Waals surface area contributed by atoms with E-state index in [0.717, 1.165) is 12.1 Å². The van der Waals surface area contributed by atoms with Crippen molar-refractivity contribution < 1.29 is 13.5 Å². The van der Waals surface area contributed by atoms with Crippen molar-refractivity contribution in [2.24, 2.45) is 5.92 Å². The van der Waals surface area contributed by atoms with Gasteiger partial charge in [0.1, 0.15) is 0 Å². The van der Waals surface area contributed by atoms with Crippen molar-refractivity contribution in [1.82, 2.24) is 0 Å². The van der Waals surface area contributed by atoms with Gasteiger partial charge in [0.05, 0.1) is 11.0 Å². The Hall–Kier alpha value is -1.07. The van der Waals surface area contributed by atoms with E-state index in [0.29, 0.717) is 17.4 Å². The van der Waals surface area contributed by atoms with Crippen molar-refractivity contribution in [2.75, 3.05) is 18.1 Å². The fourth-order valence-electron chi connectivity index (χ4n) is 1.68. The van der Waals surface area contributed by atoms with Gasteiger partial charge in [0.15, 0.2) is 9.84 Å². The first-order valence-corrected chi connectivity index (χ1v) is 7.90. The van der Waals surface area contributed by atoms with Crippen molar-refractivity contribution in [3.8, 4) is 0 Å². The van der Waals surface area contributed by atoms with E-state index >= 15 is 0 Å². The normalized spacial score (nSPS) is 13.6. The molecule has 18 heavy (non-hydrogen) atoms. The maximum atomic E-state index is 11.3. The minimum absolute atomic E-state index is 0.302. The molecule has 0 fully saturated rings. The van der Waals surface area contributed by atoms with Crippen molar-refractivity contribution in [3.63, 3.8) is 0 Å². The van der Waals surface area contributed by atoms with Crippen LogP contribution in [0.1, 0.15) is 20.3 Å². The van der Waals surface area contributed by atoms with Crippen LogP contribution in [0.15, 0.2) is 29.2 Å². The number of aliphatic hydroxyl groups is 1. The van der Waals surface area contributed by atoms with Gasteiger partial charge in [0.25, 0.3) is 0 Å². The summed E-state index contributed by atoms with van der Waals surface area (Å²) in [6, 6.07) is 6.54. The highest BCUT2D eigenvalue weighted by Crippen LogP contribution is 2.14. The van der Waals surface area contributed by atoms with E-state index in [4.69, 9.17) is 0 Å². The predicted octanol–water partition coefficient (Wildman–Crippen LogP) is 1.91. The summed E-state index contributed by atoms with van der Waals surface area (Å²) < 4.78 is 22.5. The molecule has 1 atom stereocenters. The minimum Gasteiger partial charge on any atom is -0.391 e. The Bertz CT molecular complexity index is 466. The summed E-state index contributed by atoms with van der Waals surface area (Å²) in [5.74, 6) is 0.453. The summed E-state index contributed by atoms with van der Waals surface area (Å²) in [7, 11) is -3.14. The minimum atomic E-state index is -3.14. The van der Waals surface area contributed by atoms with E-state index in [9.17, 15) is 13.5 Å². The van der Waals surface area contributed by atoms with Crippen LogP contribution < -0.4 is 5.32 Å². The van der Waals surface area contributed by atoms with Gasteiger partial charge >= 0.3 is 0 Å². The van der Waals surface area contributed by atoms with Crippen LogP contribution in [0, 0.1) is 5.92 Å². The molecule has 5 heteroatoms. The van der Waals surface area contributed by atoms with E-state index < -0.39 is 9.84 Å². The molecule has 0 spiro atoms. The Labute approximate surface area is 109 Å². The molecule has 0 radical (unpaired) electrons. The van der Waals surface area contributed by atoms with Gasteiger partial charge in [-0.15, -0.1) is 0 Å². The fraction of sp³-hybridized carbons (Fsp3) is 0.538. The SMILES string of the molecule is CC(C)CC(O)CNc1ccc(S(C)(=O)=O)cc1. The van der Waals surface area contributed by atoms with Crippen LogP contribution >= 0.6 is 0 Å². The summed E-state index contributed by atoms with van der Waals surface area (Å²) in [5, 5.41) is 12.8. The zero-order chi connectivity index (χ0) is 13.8. The van der Waals surface area contributed by atoms with Crippen LogP contribution in [0.25, 0.3) is 0 Å². The van der Waals surface area contributed by atoms with Gasteiger partial charge in [0, 0.05) is 18.5 Å². The summed E-state index contributed by atoms with van der Waals surface area (Å²) in [5.41, 5.74) is 0.810.